The molecule has 0 radical (unpaired) electrons. The van der Waals surface area contributed by atoms with Gasteiger partial charge in [-0.1, -0.05) is 30.3 Å². The van der Waals surface area contributed by atoms with Crippen LogP contribution in [0.4, 0.5) is 4.39 Å². The minimum absolute atomic E-state index is 0.0261. The third-order valence-corrected chi connectivity index (χ3v) is 2.57. The van der Waals surface area contributed by atoms with Gasteiger partial charge in [0, 0.05) is 6.61 Å². The van der Waals surface area contributed by atoms with E-state index in [0.717, 1.165) is 19.3 Å². The first-order valence-corrected chi connectivity index (χ1v) is 6.85. The SMILES string of the molecule is FC(Br)(Br)COCCCCc1ccccc1. The summed E-state index contributed by atoms with van der Waals surface area (Å²) in [5.74, 6) is 0. The lowest BCUT2D eigenvalue weighted by molar-refractivity contribution is 0.100. The van der Waals surface area contributed by atoms with Crippen molar-refractivity contribution in [2.45, 2.75) is 22.7 Å². The third kappa shape index (κ3) is 7.36. The van der Waals surface area contributed by atoms with E-state index in [1.54, 1.807) is 0 Å². The fourth-order valence-corrected chi connectivity index (χ4v) is 1.69. The summed E-state index contributed by atoms with van der Waals surface area (Å²) in [7, 11) is 0. The quantitative estimate of drug-likeness (QED) is 0.520. The van der Waals surface area contributed by atoms with Crippen LogP contribution >= 0.6 is 31.9 Å². The summed E-state index contributed by atoms with van der Waals surface area (Å²) in [5, 5.41) is 0. The number of ether oxygens (including phenoxy) is 1. The number of hydrogen-bond acceptors (Lipinski definition) is 1. The van der Waals surface area contributed by atoms with E-state index in [9.17, 15) is 4.39 Å². The van der Waals surface area contributed by atoms with Crippen molar-refractivity contribution in [1.29, 1.82) is 0 Å². The van der Waals surface area contributed by atoms with Crippen LogP contribution in [0.25, 0.3) is 0 Å². The van der Waals surface area contributed by atoms with Gasteiger partial charge in [-0.05, 0) is 56.7 Å². The summed E-state index contributed by atoms with van der Waals surface area (Å²) in [6, 6.07) is 10.3. The van der Waals surface area contributed by atoms with Gasteiger partial charge >= 0.3 is 0 Å². The van der Waals surface area contributed by atoms with Gasteiger partial charge in [0.05, 0.1) is 0 Å². The lowest BCUT2D eigenvalue weighted by Gasteiger charge is -2.10. The lowest BCUT2D eigenvalue weighted by Crippen LogP contribution is -2.13. The molecule has 0 aliphatic carbocycles. The number of unbranched alkanes of at least 4 members (excludes halogenated alkanes) is 1. The van der Waals surface area contributed by atoms with Gasteiger partial charge in [0.15, 0.2) is 0 Å². The van der Waals surface area contributed by atoms with Crippen LogP contribution in [-0.2, 0) is 11.2 Å². The minimum Gasteiger partial charge on any atom is -0.376 e. The van der Waals surface area contributed by atoms with E-state index in [1.807, 2.05) is 18.2 Å². The fraction of sp³-hybridized carbons (Fsp3) is 0.500. The highest BCUT2D eigenvalue weighted by Crippen LogP contribution is 2.27. The molecule has 0 saturated carbocycles. The second kappa shape index (κ2) is 7.41. The molecule has 1 rings (SSSR count). The monoisotopic (exact) mass is 352 g/mol. The van der Waals surface area contributed by atoms with Crippen LogP contribution in [0.5, 0.6) is 0 Å². The molecule has 1 aromatic rings. The zero-order valence-corrected chi connectivity index (χ0v) is 12.1. The normalized spacial score (nSPS) is 11.7. The molecule has 0 N–H and O–H groups in total. The lowest BCUT2D eigenvalue weighted by atomic mass is 10.1. The third-order valence-electron chi connectivity index (χ3n) is 2.11. The Morgan fingerprint density at radius 3 is 2.44 bits per heavy atom. The van der Waals surface area contributed by atoms with Gasteiger partial charge in [-0.3, -0.25) is 0 Å². The van der Waals surface area contributed by atoms with Gasteiger partial charge in [0.25, 0.3) is 0 Å². The molecule has 4 heteroatoms. The van der Waals surface area contributed by atoms with Crippen LogP contribution in [0.1, 0.15) is 18.4 Å². The van der Waals surface area contributed by atoms with Gasteiger partial charge in [-0.25, -0.2) is 4.39 Å². The van der Waals surface area contributed by atoms with Crippen molar-refractivity contribution < 1.29 is 9.13 Å². The van der Waals surface area contributed by atoms with Crippen LogP contribution in [-0.4, -0.2) is 16.7 Å². The number of halogens is 3. The van der Waals surface area contributed by atoms with Crippen molar-refractivity contribution in [3.8, 4) is 0 Å². The highest BCUT2D eigenvalue weighted by atomic mass is 79.9. The number of aryl methyl sites for hydroxylation is 1. The van der Waals surface area contributed by atoms with Gasteiger partial charge in [-0.2, -0.15) is 0 Å². The smallest absolute Gasteiger partial charge is 0.241 e. The molecule has 0 spiro atoms. The minimum atomic E-state index is -1.58. The Labute approximate surface area is 113 Å². The molecule has 0 fully saturated rings. The van der Waals surface area contributed by atoms with Crippen molar-refractivity contribution in [2.24, 2.45) is 0 Å². The highest BCUT2D eigenvalue weighted by Gasteiger charge is 2.20. The van der Waals surface area contributed by atoms with Crippen molar-refractivity contribution in [3.05, 3.63) is 35.9 Å². The Balaban J connectivity index is 2.01. The zero-order valence-electron chi connectivity index (χ0n) is 8.96. The van der Waals surface area contributed by atoms with Crippen LogP contribution in [0, 0.1) is 0 Å². The standard InChI is InChI=1S/C12H15Br2FO/c13-12(14,15)10-16-9-5-4-8-11-6-2-1-3-7-11/h1-3,6-7H,4-5,8-10H2. The van der Waals surface area contributed by atoms with E-state index in [2.05, 4.69) is 44.0 Å². The molecule has 0 atom stereocenters. The van der Waals surface area contributed by atoms with Crippen molar-refractivity contribution in [2.75, 3.05) is 13.2 Å². The van der Waals surface area contributed by atoms with Crippen LogP contribution in [0.3, 0.4) is 0 Å². The van der Waals surface area contributed by atoms with Crippen LogP contribution in [0.15, 0.2) is 30.3 Å². The summed E-state index contributed by atoms with van der Waals surface area (Å²) >= 11 is 5.62. The van der Waals surface area contributed by atoms with Gasteiger partial charge in [-0.15, -0.1) is 0 Å². The summed E-state index contributed by atoms with van der Waals surface area (Å²) < 4.78 is 16.5. The van der Waals surface area contributed by atoms with Crippen molar-refractivity contribution in [3.63, 3.8) is 0 Å². The topological polar surface area (TPSA) is 9.23 Å². The summed E-state index contributed by atoms with van der Waals surface area (Å²) in [5.41, 5.74) is 1.34. The Bertz CT molecular complexity index is 285. The molecule has 1 nitrogen and oxygen atoms in total. The van der Waals surface area contributed by atoms with Crippen LogP contribution in [0.2, 0.25) is 0 Å². The first-order valence-electron chi connectivity index (χ1n) is 5.26. The summed E-state index contributed by atoms with van der Waals surface area (Å²) in [6.07, 6.45) is 3.06. The molecule has 0 aliphatic rings. The van der Waals surface area contributed by atoms with E-state index >= 15 is 0 Å². The van der Waals surface area contributed by atoms with E-state index in [1.165, 1.54) is 5.56 Å². The average Bonchev–Trinajstić information content (AvgIpc) is 2.23. The molecule has 0 saturated heterocycles. The average molecular weight is 354 g/mol. The number of benzene rings is 1. The van der Waals surface area contributed by atoms with E-state index in [-0.39, 0.29) is 6.61 Å². The maximum atomic E-state index is 12.9. The molecule has 1 aromatic carbocycles. The zero-order chi connectivity index (χ0) is 11.9. The predicted octanol–water partition coefficient (Wildman–Crippen LogP) is 4.44. The van der Waals surface area contributed by atoms with Crippen LogP contribution < -0.4 is 0 Å². The second-order valence-electron chi connectivity index (χ2n) is 3.61. The van der Waals surface area contributed by atoms with E-state index < -0.39 is 3.49 Å². The Hall–Kier alpha value is 0.0700. The summed E-state index contributed by atoms with van der Waals surface area (Å²) in [6.45, 7) is 0.619. The second-order valence-corrected chi connectivity index (χ2v) is 7.19. The number of hydrogen-bond donors (Lipinski definition) is 0. The first kappa shape index (κ1) is 14.1. The highest BCUT2D eigenvalue weighted by molar-refractivity contribution is 9.25. The van der Waals surface area contributed by atoms with E-state index in [0.29, 0.717) is 6.61 Å². The largest absolute Gasteiger partial charge is 0.376 e. The molecular weight excluding hydrogens is 339 g/mol. The summed E-state index contributed by atoms with van der Waals surface area (Å²) in [4.78, 5) is 0. The maximum absolute atomic E-state index is 12.9. The van der Waals surface area contributed by atoms with Gasteiger partial charge in [0.2, 0.25) is 3.49 Å². The van der Waals surface area contributed by atoms with Crippen molar-refractivity contribution in [1.82, 2.24) is 0 Å². The Morgan fingerprint density at radius 1 is 1.12 bits per heavy atom. The Morgan fingerprint density at radius 2 is 1.81 bits per heavy atom. The molecular formula is C12H15Br2FO. The molecule has 0 bridgehead atoms. The molecule has 0 heterocycles. The predicted molar refractivity (Wildman–Crippen MR) is 71.9 cm³/mol. The van der Waals surface area contributed by atoms with Gasteiger partial charge in [0.1, 0.15) is 6.61 Å². The first-order chi connectivity index (χ1) is 7.58. The molecule has 16 heavy (non-hydrogen) atoms. The Kier molecular flexibility index (Phi) is 6.54. The molecule has 0 unspecified atom stereocenters. The molecule has 0 aromatic heterocycles. The van der Waals surface area contributed by atoms with E-state index in [4.69, 9.17) is 4.74 Å². The van der Waals surface area contributed by atoms with Crippen molar-refractivity contribution >= 4 is 31.9 Å². The number of rotatable bonds is 7. The fourth-order valence-electron chi connectivity index (χ4n) is 1.37. The maximum Gasteiger partial charge on any atom is 0.241 e. The molecule has 0 aliphatic heterocycles. The molecule has 0 amide bonds. The molecule has 90 valence electrons. The number of alkyl halides is 3. The van der Waals surface area contributed by atoms with Gasteiger partial charge < -0.3 is 4.74 Å².